The van der Waals surface area contributed by atoms with Crippen LogP contribution in [0.1, 0.15) is 48.5 Å². The van der Waals surface area contributed by atoms with Gasteiger partial charge in [0.25, 0.3) is 0 Å². The summed E-state index contributed by atoms with van der Waals surface area (Å²) in [4.78, 5) is 5.75. The molecule has 118 valence electrons. The maximum Gasteiger partial charge on any atom is 0.237 e. The third-order valence-corrected chi connectivity index (χ3v) is 5.57. The molecule has 0 amide bonds. The standard InChI is InChI=1S/C16H19N3OS.ClH/c17-16(7-2-8-16)15-18-14(20-19-15)10-21-13-6-5-11-3-1-4-12(11)9-13;/h5-6,9H,1-4,7-8,10,17H2;1H. The number of fused-ring (bicyclic) bond motifs is 1. The number of aryl methyl sites for hydroxylation is 2. The summed E-state index contributed by atoms with van der Waals surface area (Å²) in [5, 5.41) is 4.06. The number of benzene rings is 1. The van der Waals surface area contributed by atoms with Crippen LogP contribution in [0.5, 0.6) is 0 Å². The summed E-state index contributed by atoms with van der Waals surface area (Å²) in [6, 6.07) is 6.76. The predicted molar refractivity (Wildman–Crippen MR) is 89.3 cm³/mol. The molecule has 1 heterocycles. The third-order valence-electron chi connectivity index (χ3n) is 4.59. The van der Waals surface area contributed by atoms with Gasteiger partial charge in [-0.25, -0.2) is 0 Å². The molecule has 22 heavy (non-hydrogen) atoms. The van der Waals surface area contributed by atoms with E-state index in [1.54, 1.807) is 11.8 Å². The Hall–Kier alpha value is -1.04. The quantitative estimate of drug-likeness (QED) is 0.863. The van der Waals surface area contributed by atoms with Gasteiger partial charge in [0.15, 0.2) is 5.82 Å². The van der Waals surface area contributed by atoms with Crippen molar-refractivity contribution in [2.24, 2.45) is 5.73 Å². The maximum absolute atomic E-state index is 6.21. The molecule has 2 aromatic rings. The van der Waals surface area contributed by atoms with E-state index >= 15 is 0 Å². The first-order valence-corrected chi connectivity index (χ1v) is 8.58. The highest BCUT2D eigenvalue weighted by Gasteiger charge is 2.38. The van der Waals surface area contributed by atoms with Crippen LogP contribution in [0.4, 0.5) is 0 Å². The van der Waals surface area contributed by atoms with Crippen LogP contribution in [0, 0.1) is 0 Å². The summed E-state index contributed by atoms with van der Waals surface area (Å²) in [6.07, 6.45) is 6.81. The average Bonchev–Trinajstić information content (AvgIpc) is 3.11. The second kappa shape index (κ2) is 6.22. The first kappa shape index (κ1) is 15.8. The van der Waals surface area contributed by atoms with Gasteiger partial charge in [-0.3, -0.25) is 0 Å². The van der Waals surface area contributed by atoms with Crippen LogP contribution in [0.2, 0.25) is 0 Å². The highest BCUT2D eigenvalue weighted by molar-refractivity contribution is 7.98. The lowest BCUT2D eigenvalue weighted by atomic mass is 9.77. The summed E-state index contributed by atoms with van der Waals surface area (Å²) in [5.74, 6) is 2.06. The van der Waals surface area contributed by atoms with Crippen molar-refractivity contribution in [3.63, 3.8) is 0 Å². The molecule has 2 N–H and O–H groups in total. The van der Waals surface area contributed by atoms with Crippen molar-refractivity contribution >= 4 is 24.2 Å². The van der Waals surface area contributed by atoms with Crippen molar-refractivity contribution in [1.82, 2.24) is 10.1 Å². The lowest BCUT2D eigenvalue weighted by Gasteiger charge is -2.34. The molecule has 1 aromatic heterocycles. The monoisotopic (exact) mass is 337 g/mol. The van der Waals surface area contributed by atoms with Crippen LogP contribution in [0.3, 0.4) is 0 Å². The van der Waals surface area contributed by atoms with E-state index in [0.29, 0.717) is 17.5 Å². The summed E-state index contributed by atoms with van der Waals surface area (Å²) in [5.41, 5.74) is 8.89. The zero-order chi connectivity index (χ0) is 14.3. The SMILES string of the molecule is Cl.NC1(c2noc(CSc3ccc4c(c3)CCC4)n2)CCC1. The van der Waals surface area contributed by atoms with E-state index in [-0.39, 0.29) is 17.9 Å². The van der Waals surface area contributed by atoms with E-state index in [2.05, 4.69) is 28.3 Å². The molecule has 1 saturated carbocycles. The fraction of sp³-hybridized carbons (Fsp3) is 0.500. The molecule has 1 aromatic carbocycles. The Morgan fingerprint density at radius 2 is 2.00 bits per heavy atom. The van der Waals surface area contributed by atoms with Crippen molar-refractivity contribution in [2.45, 2.75) is 54.7 Å². The number of rotatable bonds is 4. The zero-order valence-electron chi connectivity index (χ0n) is 12.4. The fourth-order valence-corrected chi connectivity index (χ4v) is 3.88. The number of hydrogen-bond acceptors (Lipinski definition) is 5. The molecule has 2 aliphatic carbocycles. The summed E-state index contributed by atoms with van der Waals surface area (Å²) in [7, 11) is 0. The third kappa shape index (κ3) is 2.90. The van der Waals surface area contributed by atoms with Crippen LogP contribution < -0.4 is 5.73 Å². The molecule has 2 aliphatic rings. The molecule has 6 heteroatoms. The second-order valence-corrected chi connectivity index (χ2v) is 7.14. The van der Waals surface area contributed by atoms with Gasteiger partial charge < -0.3 is 10.3 Å². The van der Waals surface area contributed by atoms with Crippen molar-refractivity contribution < 1.29 is 4.52 Å². The summed E-state index contributed by atoms with van der Waals surface area (Å²) in [6.45, 7) is 0. The van der Waals surface area contributed by atoms with Gasteiger partial charge in [-0.2, -0.15) is 4.98 Å². The molecule has 1 fully saturated rings. The summed E-state index contributed by atoms with van der Waals surface area (Å²) < 4.78 is 5.34. The highest BCUT2D eigenvalue weighted by atomic mass is 35.5. The van der Waals surface area contributed by atoms with Crippen LogP contribution in [0.25, 0.3) is 0 Å². The first-order chi connectivity index (χ1) is 10.2. The number of halogens is 1. The van der Waals surface area contributed by atoms with Gasteiger partial charge in [-0.1, -0.05) is 11.2 Å². The molecule has 0 spiro atoms. The van der Waals surface area contributed by atoms with Gasteiger partial charge in [0.05, 0.1) is 11.3 Å². The number of thioether (sulfide) groups is 1. The molecule has 0 aliphatic heterocycles. The molecular weight excluding hydrogens is 318 g/mol. The number of aromatic nitrogens is 2. The maximum atomic E-state index is 6.21. The molecule has 0 unspecified atom stereocenters. The van der Waals surface area contributed by atoms with E-state index in [1.807, 2.05) is 0 Å². The normalized spacial score (nSPS) is 18.4. The van der Waals surface area contributed by atoms with Gasteiger partial charge in [0, 0.05) is 4.90 Å². The molecule has 0 atom stereocenters. The number of hydrogen-bond donors (Lipinski definition) is 1. The lowest BCUT2D eigenvalue weighted by Crippen LogP contribution is -2.44. The van der Waals surface area contributed by atoms with Crippen molar-refractivity contribution in [2.75, 3.05) is 0 Å². The smallest absolute Gasteiger partial charge is 0.237 e. The van der Waals surface area contributed by atoms with Crippen molar-refractivity contribution in [3.8, 4) is 0 Å². The molecule has 0 bridgehead atoms. The van der Waals surface area contributed by atoms with Gasteiger partial charge >= 0.3 is 0 Å². The topological polar surface area (TPSA) is 64.9 Å². The fourth-order valence-electron chi connectivity index (χ4n) is 3.08. The summed E-state index contributed by atoms with van der Waals surface area (Å²) >= 11 is 1.75. The minimum Gasteiger partial charge on any atom is -0.338 e. The van der Waals surface area contributed by atoms with E-state index in [9.17, 15) is 0 Å². The van der Waals surface area contributed by atoms with Crippen LogP contribution >= 0.6 is 24.2 Å². The Morgan fingerprint density at radius 1 is 1.18 bits per heavy atom. The molecule has 0 radical (unpaired) electrons. The van der Waals surface area contributed by atoms with E-state index in [1.165, 1.54) is 35.3 Å². The Labute approximate surface area is 140 Å². The lowest BCUT2D eigenvalue weighted by molar-refractivity contribution is 0.229. The van der Waals surface area contributed by atoms with Gasteiger partial charge in [-0.15, -0.1) is 24.2 Å². The predicted octanol–water partition coefficient (Wildman–Crippen LogP) is 3.61. The van der Waals surface area contributed by atoms with Crippen molar-refractivity contribution in [3.05, 3.63) is 41.0 Å². The number of nitrogens with two attached hydrogens (primary N) is 1. The van der Waals surface area contributed by atoms with Gasteiger partial charge in [0.1, 0.15) is 0 Å². The minimum atomic E-state index is -0.333. The minimum absolute atomic E-state index is 0. The Kier molecular flexibility index (Phi) is 4.48. The van der Waals surface area contributed by atoms with E-state index in [4.69, 9.17) is 10.3 Å². The average molecular weight is 338 g/mol. The van der Waals surface area contributed by atoms with Gasteiger partial charge in [-0.05, 0) is 61.8 Å². The van der Waals surface area contributed by atoms with E-state index < -0.39 is 0 Å². The zero-order valence-corrected chi connectivity index (χ0v) is 14.0. The Bertz CT molecular complexity index is 669. The van der Waals surface area contributed by atoms with Gasteiger partial charge in [0.2, 0.25) is 5.89 Å². The number of nitrogens with zero attached hydrogens (tertiary/aromatic N) is 2. The molecule has 4 nitrogen and oxygen atoms in total. The largest absolute Gasteiger partial charge is 0.338 e. The van der Waals surface area contributed by atoms with E-state index in [0.717, 1.165) is 19.3 Å². The van der Waals surface area contributed by atoms with Crippen LogP contribution in [-0.2, 0) is 24.1 Å². The molecular formula is C16H20ClN3OS. The Balaban J connectivity index is 0.00000144. The van der Waals surface area contributed by atoms with Crippen LogP contribution in [-0.4, -0.2) is 10.1 Å². The van der Waals surface area contributed by atoms with Crippen LogP contribution in [0.15, 0.2) is 27.6 Å². The highest BCUT2D eigenvalue weighted by Crippen LogP contribution is 2.37. The first-order valence-electron chi connectivity index (χ1n) is 7.59. The molecule has 0 saturated heterocycles. The second-order valence-electron chi connectivity index (χ2n) is 6.09. The van der Waals surface area contributed by atoms with Crippen molar-refractivity contribution in [1.29, 1.82) is 0 Å². The molecule has 4 rings (SSSR count). The Morgan fingerprint density at radius 3 is 2.77 bits per heavy atom.